The molecule has 2 aromatic rings. The van der Waals surface area contributed by atoms with Crippen LogP contribution in [0.5, 0.6) is 0 Å². The van der Waals surface area contributed by atoms with Gasteiger partial charge in [-0.2, -0.15) is 0 Å². The van der Waals surface area contributed by atoms with Crippen molar-refractivity contribution in [2.45, 2.75) is 47.0 Å². The van der Waals surface area contributed by atoms with Gasteiger partial charge in [-0.3, -0.25) is 9.52 Å². The third-order valence-corrected chi connectivity index (χ3v) is 6.50. The second-order valence-electron chi connectivity index (χ2n) is 10.6. The van der Waals surface area contributed by atoms with Crippen molar-refractivity contribution in [3.8, 4) is 0 Å². The van der Waals surface area contributed by atoms with E-state index in [1.54, 1.807) is 0 Å². The van der Waals surface area contributed by atoms with Crippen LogP contribution < -0.4 is 20.3 Å². The van der Waals surface area contributed by atoms with E-state index in [9.17, 15) is 18.0 Å². The number of hydrogen-bond acceptors (Lipinski definition) is 5. The van der Waals surface area contributed by atoms with Crippen molar-refractivity contribution in [3.05, 3.63) is 53.6 Å². The number of carbonyl (C=O) groups excluding carboxylic acids is 2. The molecule has 2 aromatic carbocycles. The van der Waals surface area contributed by atoms with Gasteiger partial charge in [-0.05, 0) is 60.9 Å². The first-order valence-electron chi connectivity index (χ1n) is 12.4. The number of nitrogens with one attached hydrogen (secondary N) is 3. The van der Waals surface area contributed by atoms with Crippen molar-refractivity contribution in [2.75, 3.05) is 34.9 Å². The summed E-state index contributed by atoms with van der Waals surface area (Å²) >= 11 is 0. The molecule has 3 amide bonds. The molecule has 0 saturated heterocycles. The highest BCUT2D eigenvalue weighted by Crippen LogP contribution is 2.49. The van der Waals surface area contributed by atoms with E-state index < -0.39 is 21.8 Å². The van der Waals surface area contributed by atoms with Crippen LogP contribution in [-0.4, -0.2) is 39.7 Å². The first kappa shape index (κ1) is 27.5. The normalized spacial score (nSPS) is 17.1. The van der Waals surface area contributed by atoms with Crippen LogP contribution in [0.3, 0.4) is 0 Å². The molecule has 2 atom stereocenters. The fourth-order valence-electron chi connectivity index (χ4n) is 4.35. The largest absolute Gasteiger partial charge is 0.369 e. The smallest absolute Gasteiger partial charge is 0.323 e. The van der Waals surface area contributed by atoms with E-state index in [1.165, 1.54) is 0 Å². The predicted molar refractivity (Wildman–Crippen MR) is 146 cm³/mol. The fourth-order valence-corrected chi connectivity index (χ4v) is 4.86. The number of hydrogen-bond donors (Lipinski definition) is 3. The van der Waals surface area contributed by atoms with Gasteiger partial charge in [0.05, 0.1) is 17.6 Å². The molecule has 0 aliphatic heterocycles. The van der Waals surface area contributed by atoms with Gasteiger partial charge in [-0.1, -0.05) is 51.5 Å². The van der Waals surface area contributed by atoms with Crippen molar-refractivity contribution in [1.82, 2.24) is 4.72 Å². The van der Waals surface area contributed by atoms with Gasteiger partial charge in [-0.25, -0.2) is 13.2 Å². The monoisotopic (exact) mass is 514 g/mol. The number of urea groups is 1. The molecule has 1 saturated carbocycles. The number of carbonyl (C=O) groups is 2. The first-order valence-corrected chi connectivity index (χ1v) is 14.3. The molecule has 0 heterocycles. The summed E-state index contributed by atoms with van der Waals surface area (Å²) < 4.78 is 25.0. The number of aryl methyl sites for hydroxylation is 1. The summed E-state index contributed by atoms with van der Waals surface area (Å²) in [5, 5.41) is 5.90. The van der Waals surface area contributed by atoms with Crippen molar-refractivity contribution in [3.63, 3.8) is 0 Å². The zero-order valence-electron chi connectivity index (χ0n) is 22.0. The lowest BCUT2D eigenvalue weighted by atomic mass is 10.0. The maximum absolute atomic E-state index is 12.9. The quantitative estimate of drug-likeness (QED) is 0.416. The fraction of sp³-hybridized carbons (Fsp3) is 0.481. The molecular weight excluding hydrogens is 476 g/mol. The highest BCUT2D eigenvalue weighted by Gasteiger charge is 2.45. The Balaban J connectivity index is 1.88. The maximum Gasteiger partial charge on any atom is 0.323 e. The van der Waals surface area contributed by atoms with E-state index in [2.05, 4.69) is 48.0 Å². The van der Waals surface area contributed by atoms with Crippen LogP contribution in [-0.2, 0) is 14.8 Å². The molecule has 0 radical (unpaired) electrons. The van der Waals surface area contributed by atoms with Crippen LogP contribution in [0, 0.1) is 24.7 Å². The van der Waals surface area contributed by atoms with Gasteiger partial charge >= 0.3 is 6.03 Å². The third kappa shape index (κ3) is 7.98. The Morgan fingerprint density at radius 3 is 2.14 bits per heavy atom. The molecule has 0 unspecified atom stereocenters. The Morgan fingerprint density at radius 2 is 1.58 bits per heavy atom. The molecule has 36 heavy (non-hydrogen) atoms. The summed E-state index contributed by atoms with van der Waals surface area (Å²) in [5.74, 6) is -0.137. The number of amides is 3. The second-order valence-corrected chi connectivity index (χ2v) is 12.4. The van der Waals surface area contributed by atoms with Crippen LogP contribution in [0.25, 0.3) is 0 Å². The molecule has 0 aromatic heterocycles. The Morgan fingerprint density at radius 1 is 0.972 bits per heavy atom. The summed E-state index contributed by atoms with van der Waals surface area (Å²) in [6, 6.07) is 13.1. The molecule has 1 fully saturated rings. The highest BCUT2D eigenvalue weighted by molar-refractivity contribution is 7.89. The number of anilines is 3. The predicted octanol–water partition coefficient (Wildman–Crippen LogP) is 4.94. The van der Waals surface area contributed by atoms with E-state index >= 15 is 0 Å². The number of sulfonamides is 1. The SMILES string of the molecule is Cc1ccc(NC(=O)Nc2cc([C@@H]3C[C@@H]3C(=O)NS(C)(=O)=O)ccc2N(CC(C)C)CC(C)C)cc1. The summed E-state index contributed by atoms with van der Waals surface area (Å²) in [5.41, 5.74) is 4.27. The first-order chi connectivity index (χ1) is 16.8. The average Bonchev–Trinajstić information content (AvgIpc) is 3.54. The van der Waals surface area contributed by atoms with E-state index in [-0.39, 0.29) is 11.9 Å². The van der Waals surface area contributed by atoms with E-state index in [0.29, 0.717) is 29.6 Å². The summed E-state index contributed by atoms with van der Waals surface area (Å²) in [6.07, 6.45) is 1.54. The summed E-state index contributed by atoms with van der Waals surface area (Å²) in [7, 11) is -3.60. The Labute approximate surface area is 214 Å². The van der Waals surface area contributed by atoms with Crippen molar-refractivity contribution in [1.29, 1.82) is 0 Å². The van der Waals surface area contributed by atoms with Gasteiger partial charge in [0.1, 0.15) is 0 Å². The summed E-state index contributed by atoms with van der Waals surface area (Å²) in [6.45, 7) is 12.3. The molecular formula is C27H38N4O4S. The van der Waals surface area contributed by atoms with Gasteiger partial charge < -0.3 is 15.5 Å². The van der Waals surface area contributed by atoms with Gasteiger partial charge in [-0.15, -0.1) is 0 Å². The minimum atomic E-state index is -3.60. The van der Waals surface area contributed by atoms with E-state index in [1.807, 2.05) is 49.4 Å². The Hall–Kier alpha value is -3.07. The number of benzene rings is 2. The second kappa shape index (κ2) is 11.3. The van der Waals surface area contributed by atoms with Crippen molar-refractivity contribution in [2.24, 2.45) is 17.8 Å². The summed E-state index contributed by atoms with van der Waals surface area (Å²) in [4.78, 5) is 27.6. The average molecular weight is 515 g/mol. The molecule has 196 valence electrons. The molecule has 0 bridgehead atoms. The zero-order chi connectivity index (χ0) is 26.6. The standard InChI is InChI=1S/C27H38N4O4S/c1-17(2)15-31(16-18(3)4)25-12-9-20(22-14-23(22)26(32)30-36(6,34)35)13-24(25)29-27(33)28-21-10-7-19(5)8-11-21/h7-13,17-18,22-23H,14-16H2,1-6H3,(H,30,32)(H2,28,29,33)/t22-,23-/m0/s1. The Kier molecular flexibility index (Phi) is 8.66. The van der Waals surface area contributed by atoms with Gasteiger partial charge in [0.15, 0.2) is 0 Å². The van der Waals surface area contributed by atoms with Crippen molar-refractivity contribution >= 4 is 39.0 Å². The lowest BCUT2D eigenvalue weighted by Gasteiger charge is -2.30. The molecule has 3 rings (SSSR count). The third-order valence-electron chi connectivity index (χ3n) is 5.93. The van der Waals surface area contributed by atoms with Gasteiger partial charge in [0, 0.05) is 24.7 Å². The van der Waals surface area contributed by atoms with Crippen LogP contribution in [0.4, 0.5) is 21.9 Å². The van der Waals surface area contributed by atoms with E-state index in [4.69, 9.17) is 0 Å². The molecule has 1 aliphatic rings. The van der Waals surface area contributed by atoms with E-state index in [0.717, 1.165) is 36.2 Å². The molecule has 1 aliphatic carbocycles. The van der Waals surface area contributed by atoms with Gasteiger partial charge in [0.2, 0.25) is 15.9 Å². The van der Waals surface area contributed by atoms with Gasteiger partial charge in [0.25, 0.3) is 0 Å². The topological polar surface area (TPSA) is 108 Å². The van der Waals surface area contributed by atoms with Crippen LogP contribution in [0.15, 0.2) is 42.5 Å². The number of nitrogens with zero attached hydrogens (tertiary/aromatic N) is 1. The zero-order valence-corrected chi connectivity index (χ0v) is 22.8. The van der Waals surface area contributed by atoms with Crippen LogP contribution in [0.2, 0.25) is 0 Å². The van der Waals surface area contributed by atoms with Crippen LogP contribution >= 0.6 is 0 Å². The molecule has 9 heteroatoms. The maximum atomic E-state index is 12.9. The molecule has 0 spiro atoms. The Bertz CT molecular complexity index is 1180. The molecule has 8 nitrogen and oxygen atoms in total. The lowest BCUT2D eigenvalue weighted by molar-refractivity contribution is -0.120. The lowest BCUT2D eigenvalue weighted by Crippen LogP contribution is -2.32. The highest BCUT2D eigenvalue weighted by atomic mass is 32.2. The van der Waals surface area contributed by atoms with Crippen LogP contribution in [0.1, 0.15) is 51.2 Å². The number of rotatable bonds is 10. The minimum Gasteiger partial charge on any atom is -0.369 e. The minimum absolute atomic E-state index is 0.0924. The molecule has 3 N–H and O–H groups in total. The van der Waals surface area contributed by atoms with Crippen molar-refractivity contribution < 1.29 is 18.0 Å².